The van der Waals surface area contributed by atoms with Crippen LogP contribution in [0.25, 0.3) is 0 Å². The van der Waals surface area contributed by atoms with E-state index in [1.54, 1.807) is 13.8 Å². The molecule has 1 aliphatic heterocycles. The predicted octanol–water partition coefficient (Wildman–Crippen LogP) is -0.00310. The molecule has 0 radical (unpaired) electrons. The fraction of sp³-hybridized carbons (Fsp3) is 0.714. The topological polar surface area (TPSA) is 104 Å². The molecule has 7 heteroatoms. The molecular formula is C14H20N2O5. The first-order chi connectivity index (χ1) is 9.64. The van der Waals surface area contributed by atoms with Crippen molar-refractivity contribution in [2.45, 2.75) is 39.2 Å². The second-order valence-corrected chi connectivity index (χ2v) is 6.49. The number of imide groups is 1. The lowest BCUT2D eigenvalue weighted by molar-refractivity contribution is -0.160. The smallest absolute Gasteiger partial charge is 0.307 e. The highest BCUT2D eigenvalue weighted by atomic mass is 16.4. The van der Waals surface area contributed by atoms with Crippen molar-refractivity contribution < 1.29 is 24.3 Å². The Morgan fingerprint density at radius 3 is 2.38 bits per heavy atom. The van der Waals surface area contributed by atoms with Gasteiger partial charge in [-0.2, -0.15) is 0 Å². The van der Waals surface area contributed by atoms with Crippen LogP contribution in [-0.2, 0) is 19.2 Å². The first-order valence-corrected chi connectivity index (χ1v) is 7.03. The molecule has 3 amide bonds. The number of amides is 3. The second kappa shape index (κ2) is 5.13. The molecule has 2 aliphatic rings. The maximum absolute atomic E-state index is 12.7. The maximum Gasteiger partial charge on any atom is 0.307 e. The number of carboxylic acids is 1. The zero-order valence-corrected chi connectivity index (χ0v) is 12.4. The van der Waals surface area contributed by atoms with Crippen LogP contribution in [0.5, 0.6) is 0 Å². The zero-order chi connectivity index (χ0) is 15.9. The first kappa shape index (κ1) is 15.5. The van der Waals surface area contributed by atoms with Gasteiger partial charge in [0, 0.05) is 0 Å². The summed E-state index contributed by atoms with van der Waals surface area (Å²) in [6.45, 7) is 4.80. The first-order valence-electron chi connectivity index (χ1n) is 7.03. The van der Waals surface area contributed by atoms with Gasteiger partial charge in [0.25, 0.3) is 5.91 Å². The Hall–Kier alpha value is -1.92. The van der Waals surface area contributed by atoms with Gasteiger partial charge >= 0.3 is 5.97 Å². The van der Waals surface area contributed by atoms with Gasteiger partial charge in [0.2, 0.25) is 11.8 Å². The predicted molar refractivity (Wildman–Crippen MR) is 72.0 cm³/mol. The fourth-order valence-electron chi connectivity index (χ4n) is 3.17. The van der Waals surface area contributed by atoms with Gasteiger partial charge in [0.05, 0.1) is 11.8 Å². The average molecular weight is 296 g/mol. The molecule has 3 atom stereocenters. The third-order valence-electron chi connectivity index (χ3n) is 4.48. The summed E-state index contributed by atoms with van der Waals surface area (Å²) in [5.41, 5.74) is -1.15. The van der Waals surface area contributed by atoms with Gasteiger partial charge in [-0.05, 0) is 32.6 Å². The third kappa shape index (κ3) is 2.64. The van der Waals surface area contributed by atoms with Gasteiger partial charge in [-0.3, -0.25) is 24.5 Å². The molecule has 1 saturated carbocycles. The van der Waals surface area contributed by atoms with Crippen LogP contribution in [0.4, 0.5) is 0 Å². The van der Waals surface area contributed by atoms with Crippen LogP contribution < -0.4 is 5.32 Å². The number of carboxylic acid groups (broad SMARTS) is 1. The molecule has 1 heterocycles. The standard InChI is InChI=1S/C14H20N2O5/c1-7-4-8(9(5-7)12(19)20)11(18)16-6-10(17)15-13(21)14(16,2)3/h7-9H,4-6H2,1-3H3,(H,19,20)(H,15,17,21)/t7?,8-,9+/m0/s1. The largest absolute Gasteiger partial charge is 0.481 e. The van der Waals surface area contributed by atoms with Crippen LogP contribution in [0.15, 0.2) is 0 Å². The normalized spacial score (nSPS) is 32.0. The minimum atomic E-state index is -1.15. The van der Waals surface area contributed by atoms with Gasteiger partial charge in [-0.25, -0.2) is 0 Å². The van der Waals surface area contributed by atoms with Crippen LogP contribution in [0.2, 0.25) is 0 Å². The number of carbonyl (C=O) groups is 4. The quantitative estimate of drug-likeness (QED) is 0.698. The van der Waals surface area contributed by atoms with Gasteiger partial charge in [-0.1, -0.05) is 6.92 Å². The summed E-state index contributed by atoms with van der Waals surface area (Å²) in [6, 6.07) is 0. The monoisotopic (exact) mass is 296 g/mol. The van der Waals surface area contributed by atoms with Gasteiger partial charge in [0.15, 0.2) is 0 Å². The lowest BCUT2D eigenvalue weighted by atomic mass is 9.90. The molecule has 21 heavy (non-hydrogen) atoms. The fourth-order valence-corrected chi connectivity index (χ4v) is 3.17. The van der Waals surface area contributed by atoms with Crippen LogP contribution in [0.3, 0.4) is 0 Å². The van der Waals surface area contributed by atoms with E-state index in [1.165, 1.54) is 4.90 Å². The number of hydrogen-bond acceptors (Lipinski definition) is 4. The molecular weight excluding hydrogens is 276 g/mol. The summed E-state index contributed by atoms with van der Waals surface area (Å²) in [5.74, 6) is -3.77. The Morgan fingerprint density at radius 2 is 1.81 bits per heavy atom. The highest BCUT2D eigenvalue weighted by molar-refractivity contribution is 6.06. The lowest BCUT2D eigenvalue weighted by Crippen LogP contribution is -2.66. The Labute approximate surface area is 122 Å². The SMILES string of the molecule is CC1C[C@H](C(=O)N2CC(=O)NC(=O)C2(C)C)[C@H](C(=O)O)C1. The van der Waals surface area contributed by atoms with E-state index in [0.717, 1.165) is 0 Å². The summed E-state index contributed by atoms with van der Waals surface area (Å²) in [5, 5.41) is 11.5. The summed E-state index contributed by atoms with van der Waals surface area (Å²) in [4.78, 5) is 48.7. The number of carbonyl (C=O) groups excluding carboxylic acids is 3. The molecule has 7 nitrogen and oxygen atoms in total. The molecule has 1 aliphatic carbocycles. The van der Waals surface area contributed by atoms with Crippen molar-refractivity contribution in [3.63, 3.8) is 0 Å². The lowest BCUT2D eigenvalue weighted by Gasteiger charge is -2.41. The van der Waals surface area contributed by atoms with Crippen molar-refractivity contribution >= 4 is 23.7 Å². The number of nitrogens with one attached hydrogen (secondary N) is 1. The van der Waals surface area contributed by atoms with E-state index in [4.69, 9.17) is 0 Å². The van der Waals surface area contributed by atoms with E-state index < -0.39 is 41.1 Å². The minimum absolute atomic E-state index is 0.137. The average Bonchev–Trinajstić information content (AvgIpc) is 2.75. The van der Waals surface area contributed by atoms with Crippen molar-refractivity contribution in [3.8, 4) is 0 Å². The number of aliphatic carboxylic acids is 1. The molecule has 0 aromatic carbocycles. The Balaban J connectivity index is 2.27. The Kier molecular flexibility index (Phi) is 3.78. The summed E-state index contributed by atoms with van der Waals surface area (Å²) >= 11 is 0. The van der Waals surface area contributed by atoms with Gasteiger partial charge < -0.3 is 10.0 Å². The molecule has 0 aromatic heterocycles. The number of nitrogens with zero attached hydrogens (tertiary/aromatic N) is 1. The number of piperazine rings is 1. The van der Waals surface area contributed by atoms with E-state index in [1.807, 2.05) is 6.92 Å². The molecule has 116 valence electrons. The number of rotatable bonds is 2. The Bertz CT molecular complexity index is 513. The molecule has 1 unspecified atom stereocenters. The minimum Gasteiger partial charge on any atom is -0.481 e. The van der Waals surface area contributed by atoms with E-state index in [2.05, 4.69) is 5.32 Å². The van der Waals surface area contributed by atoms with Crippen molar-refractivity contribution in [1.82, 2.24) is 10.2 Å². The van der Waals surface area contributed by atoms with Crippen LogP contribution in [-0.4, -0.2) is 45.8 Å². The van der Waals surface area contributed by atoms with Crippen LogP contribution in [0.1, 0.15) is 33.6 Å². The molecule has 0 spiro atoms. The highest BCUT2D eigenvalue weighted by Gasteiger charge is 2.49. The van der Waals surface area contributed by atoms with E-state index in [9.17, 15) is 24.3 Å². The summed E-state index contributed by atoms with van der Waals surface area (Å²) < 4.78 is 0. The van der Waals surface area contributed by atoms with Crippen LogP contribution >= 0.6 is 0 Å². The summed E-state index contributed by atoms with van der Waals surface area (Å²) in [6.07, 6.45) is 0.915. The molecule has 2 rings (SSSR count). The highest BCUT2D eigenvalue weighted by Crippen LogP contribution is 2.38. The summed E-state index contributed by atoms with van der Waals surface area (Å²) in [7, 11) is 0. The Morgan fingerprint density at radius 1 is 1.24 bits per heavy atom. The maximum atomic E-state index is 12.7. The zero-order valence-electron chi connectivity index (χ0n) is 12.4. The van der Waals surface area contributed by atoms with E-state index in [-0.39, 0.29) is 12.5 Å². The van der Waals surface area contributed by atoms with E-state index >= 15 is 0 Å². The number of hydrogen-bond donors (Lipinski definition) is 2. The molecule has 1 saturated heterocycles. The van der Waals surface area contributed by atoms with Gasteiger partial charge in [0.1, 0.15) is 12.1 Å². The van der Waals surface area contributed by atoms with Crippen molar-refractivity contribution in [1.29, 1.82) is 0 Å². The molecule has 0 bridgehead atoms. The molecule has 2 N–H and O–H groups in total. The third-order valence-corrected chi connectivity index (χ3v) is 4.48. The van der Waals surface area contributed by atoms with Crippen LogP contribution in [0, 0.1) is 17.8 Å². The van der Waals surface area contributed by atoms with Gasteiger partial charge in [-0.15, -0.1) is 0 Å². The molecule has 2 fully saturated rings. The second-order valence-electron chi connectivity index (χ2n) is 6.49. The molecule has 0 aromatic rings. The van der Waals surface area contributed by atoms with Crippen molar-refractivity contribution in [3.05, 3.63) is 0 Å². The van der Waals surface area contributed by atoms with Crippen molar-refractivity contribution in [2.75, 3.05) is 6.54 Å². The van der Waals surface area contributed by atoms with E-state index in [0.29, 0.717) is 12.8 Å². The van der Waals surface area contributed by atoms with Crippen molar-refractivity contribution in [2.24, 2.45) is 17.8 Å².